The number of carbonyl (C=O) groups is 1. The highest BCUT2D eigenvalue weighted by molar-refractivity contribution is 9.10. The second-order valence-corrected chi connectivity index (χ2v) is 4.41. The molecule has 0 aromatic heterocycles. The molecule has 3 N–H and O–H groups in total. The molecule has 0 saturated heterocycles. The largest absolute Gasteiger partial charge is 0.294 e. The molecule has 0 bridgehead atoms. The number of rotatable bonds is 4. The van der Waals surface area contributed by atoms with Gasteiger partial charge in [-0.3, -0.25) is 10.2 Å². The van der Waals surface area contributed by atoms with E-state index in [9.17, 15) is 4.79 Å². The van der Waals surface area contributed by atoms with E-state index in [2.05, 4.69) is 40.4 Å². The van der Waals surface area contributed by atoms with Gasteiger partial charge in [0.2, 0.25) is 5.91 Å². The third kappa shape index (κ3) is 4.01. The zero-order chi connectivity index (χ0) is 11.3. The summed E-state index contributed by atoms with van der Waals surface area (Å²) < 4.78 is 1.08. The van der Waals surface area contributed by atoms with E-state index in [-0.39, 0.29) is 5.91 Å². The molecule has 1 aromatic rings. The lowest BCUT2D eigenvalue weighted by molar-refractivity contribution is -0.121. The number of nitrogens with two attached hydrogens (primary N) is 1. The summed E-state index contributed by atoms with van der Waals surface area (Å²) >= 11 is 3.43. The van der Waals surface area contributed by atoms with Crippen molar-refractivity contribution in [2.75, 3.05) is 0 Å². The van der Waals surface area contributed by atoms with Crippen molar-refractivity contribution in [3.63, 3.8) is 0 Å². The standard InChI is InChI=1S/C11H15BrN2O/c1-8-5-6-10(12)7-9(8)3-2-4-11(15)14-13/h5-7H,2-4,13H2,1H3,(H,14,15). The maximum absolute atomic E-state index is 10.9. The number of halogens is 1. The monoisotopic (exact) mass is 270 g/mol. The molecule has 0 spiro atoms. The van der Waals surface area contributed by atoms with E-state index >= 15 is 0 Å². The lowest BCUT2D eigenvalue weighted by Crippen LogP contribution is -2.29. The van der Waals surface area contributed by atoms with Crippen LogP contribution in [0.4, 0.5) is 0 Å². The molecule has 1 aromatic carbocycles. The van der Waals surface area contributed by atoms with Gasteiger partial charge < -0.3 is 0 Å². The van der Waals surface area contributed by atoms with Crippen molar-refractivity contribution in [2.24, 2.45) is 5.84 Å². The Morgan fingerprint density at radius 2 is 2.27 bits per heavy atom. The van der Waals surface area contributed by atoms with Gasteiger partial charge >= 0.3 is 0 Å². The number of benzene rings is 1. The second-order valence-electron chi connectivity index (χ2n) is 3.49. The van der Waals surface area contributed by atoms with Crippen molar-refractivity contribution in [1.29, 1.82) is 0 Å². The predicted octanol–water partition coefficient (Wildman–Crippen LogP) is 2.07. The third-order valence-corrected chi connectivity index (χ3v) is 2.82. The van der Waals surface area contributed by atoms with Crippen LogP contribution in [-0.2, 0) is 11.2 Å². The summed E-state index contributed by atoms with van der Waals surface area (Å²) in [6.45, 7) is 2.07. The van der Waals surface area contributed by atoms with Crippen LogP contribution in [0.2, 0.25) is 0 Å². The van der Waals surface area contributed by atoms with Crippen LogP contribution in [-0.4, -0.2) is 5.91 Å². The summed E-state index contributed by atoms with van der Waals surface area (Å²) in [6.07, 6.45) is 2.20. The molecular weight excluding hydrogens is 256 g/mol. The van der Waals surface area contributed by atoms with Crippen molar-refractivity contribution in [1.82, 2.24) is 5.43 Å². The molecule has 0 heterocycles. The Hall–Kier alpha value is -0.870. The zero-order valence-electron chi connectivity index (χ0n) is 8.72. The summed E-state index contributed by atoms with van der Waals surface area (Å²) in [6, 6.07) is 6.18. The normalized spacial score (nSPS) is 10.1. The van der Waals surface area contributed by atoms with Crippen molar-refractivity contribution >= 4 is 21.8 Å². The van der Waals surface area contributed by atoms with Crippen molar-refractivity contribution < 1.29 is 4.79 Å². The summed E-state index contributed by atoms with van der Waals surface area (Å²) in [5, 5.41) is 0. The molecule has 0 aliphatic heterocycles. The fourth-order valence-corrected chi connectivity index (χ4v) is 1.83. The van der Waals surface area contributed by atoms with Crippen LogP contribution >= 0.6 is 15.9 Å². The Morgan fingerprint density at radius 1 is 1.53 bits per heavy atom. The Balaban J connectivity index is 2.50. The van der Waals surface area contributed by atoms with Gasteiger partial charge in [0.05, 0.1) is 0 Å². The summed E-state index contributed by atoms with van der Waals surface area (Å²) in [5.74, 6) is 4.89. The first-order valence-corrected chi connectivity index (χ1v) is 5.67. The van der Waals surface area contributed by atoms with E-state index in [1.54, 1.807) is 0 Å². The van der Waals surface area contributed by atoms with Crippen LogP contribution in [0.3, 0.4) is 0 Å². The maximum Gasteiger partial charge on any atom is 0.233 e. The highest BCUT2D eigenvalue weighted by Crippen LogP contribution is 2.17. The number of nitrogens with one attached hydrogen (secondary N) is 1. The van der Waals surface area contributed by atoms with E-state index in [0.717, 1.165) is 17.3 Å². The molecule has 0 aliphatic rings. The highest BCUT2D eigenvalue weighted by atomic mass is 79.9. The maximum atomic E-state index is 10.9. The summed E-state index contributed by atoms with van der Waals surface area (Å²) in [4.78, 5) is 10.9. The van der Waals surface area contributed by atoms with Crippen molar-refractivity contribution in [3.8, 4) is 0 Å². The number of amides is 1. The SMILES string of the molecule is Cc1ccc(Br)cc1CCCC(=O)NN. The van der Waals surface area contributed by atoms with Crippen molar-refractivity contribution in [2.45, 2.75) is 26.2 Å². The Bertz CT molecular complexity index is 352. The minimum absolute atomic E-state index is 0.109. The van der Waals surface area contributed by atoms with Crippen LogP contribution < -0.4 is 11.3 Å². The van der Waals surface area contributed by atoms with Crippen LogP contribution in [0.15, 0.2) is 22.7 Å². The molecule has 1 rings (SSSR count). The minimum atomic E-state index is -0.109. The van der Waals surface area contributed by atoms with E-state index < -0.39 is 0 Å². The molecule has 3 nitrogen and oxygen atoms in total. The first-order valence-electron chi connectivity index (χ1n) is 4.88. The second kappa shape index (κ2) is 5.88. The quantitative estimate of drug-likeness (QED) is 0.500. The van der Waals surface area contributed by atoms with Crippen LogP contribution in [0.5, 0.6) is 0 Å². The number of hydrogen-bond acceptors (Lipinski definition) is 2. The Morgan fingerprint density at radius 3 is 2.93 bits per heavy atom. The molecule has 0 unspecified atom stereocenters. The van der Waals surface area contributed by atoms with Crippen LogP contribution in [0, 0.1) is 6.92 Å². The van der Waals surface area contributed by atoms with Gasteiger partial charge in [0.25, 0.3) is 0 Å². The van der Waals surface area contributed by atoms with E-state index in [1.807, 2.05) is 6.07 Å². The number of hydrazine groups is 1. The van der Waals surface area contributed by atoms with E-state index in [4.69, 9.17) is 5.84 Å². The smallest absolute Gasteiger partial charge is 0.233 e. The Kier molecular flexibility index (Phi) is 4.78. The van der Waals surface area contributed by atoms with Gasteiger partial charge in [-0.05, 0) is 43.0 Å². The highest BCUT2D eigenvalue weighted by Gasteiger charge is 2.02. The topological polar surface area (TPSA) is 55.1 Å². The average Bonchev–Trinajstić information content (AvgIpc) is 2.23. The third-order valence-electron chi connectivity index (χ3n) is 2.32. The fraction of sp³-hybridized carbons (Fsp3) is 0.364. The van der Waals surface area contributed by atoms with Crippen molar-refractivity contribution in [3.05, 3.63) is 33.8 Å². The molecule has 15 heavy (non-hydrogen) atoms. The lowest BCUT2D eigenvalue weighted by atomic mass is 10.0. The molecule has 0 atom stereocenters. The van der Waals surface area contributed by atoms with E-state index in [1.165, 1.54) is 11.1 Å². The van der Waals surface area contributed by atoms with Crippen LogP contribution in [0.25, 0.3) is 0 Å². The van der Waals surface area contributed by atoms with Gasteiger partial charge in [-0.25, -0.2) is 5.84 Å². The molecule has 0 saturated carbocycles. The first-order chi connectivity index (χ1) is 7.13. The molecule has 4 heteroatoms. The lowest BCUT2D eigenvalue weighted by Gasteiger charge is -2.05. The van der Waals surface area contributed by atoms with Gasteiger partial charge in [-0.15, -0.1) is 0 Å². The number of carbonyl (C=O) groups excluding carboxylic acids is 1. The number of hydrogen-bond donors (Lipinski definition) is 2. The molecule has 82 valence electrons. The molecule has 0 fully saturated rings. The van der Waals surface area contributed by atoms with Gasteiger partial charge in [-0.1, -0.05) is 22.0 Å². The zero-order valence-corrected chi connectivity index (χ0v) is 10.3. The van der Waals surface area contributed by atoms with Gasteiger partial charge in [-0.2, -0.15) is 0 Å². The van der Waals surface area contributed by atoms with Gasteiger partial charge in [0, 0.05) is 10.9 Å². The predicted molar refractivity (Wildman–Crippen MR) is 64.1 cm³/mol. The molecule has 1 amide bonds. The van der Waals surface area contributed by atoms with Gasteiger partial charge in [0.1, 0.15) is 0 Å². The molecule has 0 radical (unpaired) electrons. The number of aryl methyl sites for hydroxylation is 2. The summed E-state index contributed by atoms with van der Waals surface area (Å²) in [5.41, 5.74) is 4.66. The Labute approximate surface area is 98.1 Å². The van der Waals surface area contributed by atoms with Gasteiger partial charge in [0.15, 0.2) is 0 Å². The average molecular weight is 271 g/mol. The van der Waals surface area contributed by atoms with E-state index in [0.29, 0.717) is 6.42 Å². The molecular formula is C11H15BrN2O. The summed E-state index contributed by atoms with van der Waals surface area (Å²) in [7, 11) is 0. The first kappa shape index (κ1) is 12.2. The fourth-order valence-electron chi connectivity index (χ4n) is 1.42. The minimum Gasteiger partial charge on any atom is -0.294 e. The molecule has 0 aliphatic carbocycles. The van der Waals surface area contributed by atoms with Crippen LogP contribution in [0.1, 0.15) is 24.0 Å².